The maximum Gasteiger partial charge on any atom is 0.257 e. The second kappa shape index (κ2) is 9.10. The topological polar surface area (TPSA) is 51.0 Å². The number of benzene rings is 2. The van der Waals surface area contributed by atoms with Crippen LogP contribution in [0.5, 0.6) is 5.75 Å². The van der Waals surface area contributed by atoms with Crippen LogP contribution in [0, 0.1) is 0 Å². The molecule has 0 unspecified atom stereocenters. The summed E-state index contributed by atoms with van der Waals surface area (Å²) in [7, 11) is 0. The minimum atomic E-state index is 0.186. The molecule has 0 fully saturated rings. The molecule has 0 heterocycles. The number of nitrogens with zero attached hydrogens (tertiary/aromatic N) is 1. The second-order valence-corrected chi connectivity index (χ2v) is 4.68. The summed E-state index contributed by atoms with van der Waals surface area (Å²) in [4.78, 5) is 5.24. The van der Waals surface area contributed by atoms with E-state index in [4.69, 9.17) is 9.57 Å². The fraction of sp³-hybridized carbons (Fsp3) is 0.105. The van der Waals surface area contributed by atoms with Crippen molar-refractivity contribution in [3.63, 3.8) is 0 Å². The molecule has 0 bridgehead atoms. The summed E-state index contributed by atoms with van der Waals surface area (Å²) in [5.74, 6) is 0.548. The van der Waals surface area contributed by atoms with Gasteiger partial charge in [-0.1, -0.05) is 49.1 Å². The molecule has 118 valence electrons. The maximum atomic E-state index is 9.39. The Morgan fingerprint density at radius 2 is 1.83 bits per heavy atom. The quantitative estimate of drug-likeness (QED) is 0.276. The smallest absolute Gasteiger partial charge is 0.257 e. The Morgan fingerprint density at radius 1 is 1.09 bits per heavy atom. The van der Waals surface area contributed by atoms with Crippen LogP contribution in [0.15, 0.2) is 84.6 Å². The summed E-state index contributed by atoms with van der Waals surface area (Å²) in [6, 6.07) is 16.4. The normalized spacial score (nSPS) is 11.4. The number of rotatable bonds is 7. The SMILES string of the molecule is C=C/C=C/CO/N=C(\OCc1ccccc1)c1ccc(O)cc1. The van der Waals surface area contributed by atoms with Crippen LogP contribution in [0.4, 0.5) is 0 Å². The Bertz CT molecular complexity index is 661. The standard InChI is InChI=1S/C19H19NO3/c1-2-3-7-14-23-20-19(17-10-12-18(21)13-11-17)22-15-16-8-5-4-6-9-16/h2-13,21H,1,14-15H2/b7-3+,20-19-. The number of aromatic hydroxyl groups is 1. The fourth-order valence-corrected chi connectivity index (χ4v) is 1.78. The Kier molecular flexibility index (Phi) is 6.47. The highest BCUT2D eigenvalue weighted by atomic mass is 16.6. The molecule has 0 spiro atoms. The van der Waals surface area contributed by atoms with Crippen molar-refractivity contribution in [2.24, 2.45) is 5.16 Å². The lowest BCUT2D eigenvalue weighted by Crippen LogP contribution is -2.08. The molecule has 0 atom stereocenters. The number of ether oxygens (including phenoxy) is 1. The van der Waals surface area contributed by atoms with Gasteiger partial charge in [-0.25, -0.2) is 0 Å². The first-order valence-electron chi connectivity index (χ1n) is 7.23. The van der Waals surface area contributed by atoms with Crippen molar-refractivity contribution >= 4 is 5.90 Å². The largest absolute Gasteiger partial charge is 0.508 e. The minimum Gasteiger partial charge on any atom is -0.508 e. The van der Waals surface area contributed by atoms with E-state index in [2.05, 4.69) is 11.7 Å². The zero-order chi connectivity index (χ0) is 16.3. The van der Waals surface area contributed by atoms with E-state index in [1.165, 1.54) is 0 Å². The van der Waals surface area contributed by atoms with Crippen molar-refractivity contribution in [3.8, 4) is 5.75 Å². The van der Waals surface area contributed by atoms with Gasteiger partial charge in [0.25, 0.3) is 5.90 Å². The molecule has 0 aliphatic rings. The molecule has 2 rings (SSSR count). The van der Waals surface area contributed by atoms with Gasteiger partial charge in [-0.2, -0.15) is 0 Å². The van der Waals surface area contributed by atoms with Gasteiger partial charge in [-0.05, 0) is 41.1 Å². The van der Waals surface area contributed by atoms with Crippen LogP contribution in [0.2, 0.25) is 0 Å². The van der Waals surface area contributed by atoms with E-state index in [1.807, 2.05) is 30.3 Å². The number of hydrogen-bond acceptors (Lipinski definition) is 4. The number of hydrogen-bond donors (Lipinski definition) is 1. The lowest BCUT2D eigenvalue weighted by Gasteiger charge is -2.09. The third-order valence-electron chi connectivity index (χ3n) is 2.92. The van der Waals surface area contributed by atoms with Crippen LogP contribution in [0.25, 0.3) is 0 Å². The molecule has 0 radical (unpaired) electrons. The molecule has 4 nitrogen and oxygen atoms in total. The van der Waals surface area contributed by atoms with Gasteiger partial charge in [-0.15, -0.1) is 0 Å². The van der Waals surface area contributed by atoms with Gasteiger partial charge in [-0.3, -0.25) is 0 Å². The molecule has 0 aliphatic heterocycles. The highest BCUT2D eigenvalue weighted by Crippen LogP contribution is 2.13. The van der Waals surface area contributed by atoms with Gasteiger partial charge < -0.3 is 14.7 Å². The summed E-state index contributed by atoms with van der Waals surface area (Å²) >= 11 is 0. The molecular formula is C19H19NO3. The van der Waals surface area contributed by atoms with Gasteiger partial charge in [0.1, 0.15) is 19.0 Å². The van der Waals surface area contributed by atoms with E-state index in [0.29, 0.717) is 19.1 Å². The first-order valence-corrected chi connectivity index (χ1v) is 7.23. The molecule has 4 heteroatoms. The average molecular weight is 309 g/mol. The predicted molar refractivity (Wildman–Crippen MR) is 91.2 cm³/mol. The third-order valence-corrected chi connectivity index (χ3v) is 2.92. The van der Waals surface area contributed by atoms with Crippen LogP contribution < -0.4 is 0 Å². The van der Waals surface area contributed by atoms with E-state index >= 15 is 0 Å². The van der Waals surface area contributed by atoms with Crippen molar-refractivity contribution in [1.82, 2.24) is 0 Å². The molecular weight excluding hydrogens is 290 g/mol. The summed E-state index contributed by atoms with van der Waals surface area (Å²) < 4.78 is 5.76. The van der Waals surface area contributed by atoms with E-state index in [-0.39, 0.29) is 5.75 Å². The lowest BCUT2D eigenvalue weighted by atomic mass is 10.2. The monoisotopic (exact) mass is 309 g/mol. The second-order valence-electron chi connectivity index (χ2n) is 4.68. The fourth-order valence-electron chi connectivity index (χ4n) is 1.78. The van der Waals surface area contributed by atoms with E-state index in [0.717, 1.165) is 11.1 Å². The zero-order valence-corrected chi connectivity index (χ0v) is 12.8. The van der Waals surface area contributed by atoms with Crippen molar-refractivity contribution in [1.29, 1.82) is 0 Å². The van der Waals surface area contributed by atoms with E-state index in [1.54, 1.807) is 42.5 Å². The first-order chi connectivity index (χ1) is 11.3. The molecule has 2 aromatic carbocycles. The first kappa shape index (κ1) is 16.4. The van der Waals surface area contributed by atoms with Crippen LogP contribution in [0.1, 0.15) is 11.1 Å². The molecule has 0 aromatic heterocycles. The zero-order valence-electron chi connectivity index (χ0n) is 12.8. The van der Waals surface area contributed by atoms with Crippen LogP contribution in [-0.4, -0.2) is 17.6 Å². The number of phenolic OH excluding ortho intramolecular Hbond substituents is 1. The Labute approximate surface area is 136 Å². The summed E-state index contributed by atoms with van der Waals surface area (Å²) in [6.45, 7) is 4.29. The third kappa shape index (κ3) is 5.71. The van der Waals surface area contributed by atoms with Gasteiger partial charge >= 0.3 is 0 Å². The maximum absolute atomic E-state index is 9.39. The number of oxime groups is 1. The highest BCUT2D eigenvalue weighted by Gasteiger charge is 2.07. The Balaban J connectivity index is 2.07. The highest BCUT2D eigenvalue weighted by molar-refractivity contribution is 5.93. The molecule has 23 heavy (non-hydrogen) atoms. The van der Waals surface area contributed by atoms with Gasteiger partial charge in [0.2, 0.25) is 0 Å². The van der Waals surface area contributed by atoms with Gasteiger partial charge in [0.05, 0.1) is 0 Å². The van der Waals surface area contributed by atoms with Crippen LogP contribution >= 0.6 is 0 Å². The number of allylic oxidation sites excluding steroid dienone is 2. The molecule has 0 amide bonds. The molecule has 0 saturated carbocycles. The number of phenols is 1. The molecule has 0 aliphatic carbocycles. The summed E-state index contributed by atoms with van der Waals surface area (Å²) in [5.41, 5.74) is 1.76. The van der Waals surface area contributed by atoms with E-state index in [9.17, 15) is 5.11 Å². The van der Waals surface area contributed by atoms with Crippen LogP contribution in [0.3, 0.4) is 0 Å². The molecule has 0 saturated heterocycles. The minimum absolute atomic E-state index is 0.186. The summed E-state index contributed by atoms with van der Waals surface area (Å²) in [6.07, 6.45) is 5.24. The summed E-state index contributed by atoms with van der Waals surface area (Å²) in [5, 5.41) is 13.4. The van der Waals surface area contributed by atoms with Crippen molar-refractivity contribution < 1.29 is 14.7 Å². The van der Waals surface area contributed by atoms with Gasteiger partial charge in [0.15, 0.2) is 0 Å². The van der Waals surface area contributed by atoms with Crippen LogP contribution in [-0.2, 0) is 16.2 Å². The Hall–Kier alpha value is -3.01. The molecule has 1 N–H and O–H groups in total. The van der Waals surface area contributed by atoms with Crippen molar-refractivity contribution in [2.75, 3.05) is 6.61 Å². The van der Waals surface area contributed by atoms with Crippen molar-refractivity contribution in [2.45, 2.75) is 6.61 Å². The van der Waals surface area contributed by atoms with E-state index < -0.39 is 0 Å². The Morgan fingerprint density at radius 3 is 2.52 bits per heavy atom. The van der Waals surface area contributed by atoms with Gasteiger partial charge in [0, 0.05) is 5.56 Å². The lowest BCUT2D eigenvalue weighted by molar-refractivity contribution is 0.157. The molecule has 2 aromatic rings. The van der Waals surface area contributed by atoms with Crippen molar-refractivity contribution in [3.05, 3.63) is 90.5 Å². The predicted octanol–water partition coefficient (Wildman–Crippen LogP) is 4.03. The average Bonchev–Trinajstić information content (AvgIpc) is 2.59.